The van der Waals surface area contributed by atoms with E-state index < -0.39 is 0 Å². The predicted molar refractivity (Wildman–Crippen MR) is 217 cm³/mol. The predicted octanol–water partition coefficient (Wildman–Crippen LogP) is 13.1. The van der Waals surface area contributed by atoms with Crippen molar-refractivity contribution in [3.05, 3.63) is 164 Å². The molecule has 4 nitrogen and oxygen atoms in total. The van der Waals surface area contributed by atoms with E-state index in [1.807, 2.05) is 30.3 Å². The average molecular weight is 682 g/mol. The maximum atomic E-state index is 6.55. The zero-order valence-corrected chi connectivity index (χ0v) is 28.6. The Labute approximate surface area is 302 Å². The van der Waals surface area contributed by atoms with Gasteiger partial charge < -0.3 is 4.42 Å². The number of benzene rings is 7. The highest BCUT2D eigenvalue weighted by molar-refractivity contribution is 7.26. The number of para-hydroxylation sites is 1. The van der Waals surface area contributed by atoms with Crippen LogP contribution in [0.2, 0.25) is 0 Å². The normalized spacial score (nSPS) is 11.8. The Morgan fingerprint density at radius 1 is 0.442 bits per heavy atom. The van der Waals surface area contributed by atoms with Crippen molar-refractivity contribution in [2.75, 3.05) is 0 Å². The Balaban J connectivity index is 1.01. The van der Waals surface area contributed by atoms with Crippen LogP contribution < -0.4 is 0 Å². The summed E-state index contributed by atoms with van der Waals surface area (Å²) in [6, 6.07) is 57.2. The van der Waals surface area contributed by atoms with Gasteiger partial charge in [-0.15, -0.1) is 11.3 Å². The Hall–Kier alpha value is -6.69. The first-order chi connectivity index (χ1) is 25.7. The van der Waals surface area contributed by atoms with Crippen molar-refractivity contribution < 1.29 is 4.42 Å². The maximum absolute atomic E-state index is 6.55. The number of nitrogens with zero attached hydrogens (tertiary/aromatic N) is 3. The van der Waals surface area contributed by atoms with Crippen molar-refractivity contribution in [2.24, 2.45) is 0 Å². The summed E-state index contributed by atoms with van der Waals surface area (Å²) in [6.07, 6.45) is 0. The lowest BCUT2D eigenvalue weighted by molar-refractivity contribution is 0.672. The minimum absolute atomic E-state index is 0.737. The van der Waals surface area contributed by atoms with Crippen molar-refractivity contribution >= 4 is 75.3 Å². The van der Waals surface area contributed by atoms with E-state index in [0.717, 1.165) is 98.9 Å². The molecule has 5 heteroatoms. The topological polar surface area (TPSA) is 51.8 Å². The number of fused-ring (bicyclic) bond motifs is 9. The largest absolute Gasteiger partial charge is 0.455 e. The van der Waals surface area contributed by atoms with Crippen molar-refractivity contribution in [3.63, 3.8) is 0 Å². The molecular weight excluding hydrogens is 655 g/mol. The van der Waals surface area contributed by atoms with E-state index in [4.69, 9.17) is 19.4 Å². The number of hydrogen-bond donors (Lipinski definition) is 0. The van der Waals surface area contributed by atoms with Crippen molar-refractivity contribution in [1.82, 2.24) is 15.0 Å². The molecule has 242 valence electrons. The number of furan rings is 1. The van der Waals surface area contributed by atoms with Crippen LogP contribution >= 0.6 is 11.3 Å². The van der Waals surface area contributed by atoms with Gasteiger partial charge in [-0.25, -0.2) is 15.0 Å². The number of thiophene rings is 1. The minimum Gasteiger partial charge on any atom is -0.455 e. The Kier molecular flexibility index (Phi) is 6.39. The van der Waals surface area contributed by atoms with Crippen molar-refractivity contribution in [2.45, 2.75) is 0 Å². The molecule has 52 heavy (non-hydrogen) atoms. The second-order valence-corrected chi connectivity index (χ2v) is 14.2. The summed E-state index contributed by atoms with van der Waals surface area (Å²) in [5.41, 5.74) is 10.9. The molecular formula is C47H27N3OS. The van der Waals surface area contributed by atoms with Crippen LogP contribution in [0.25, 0.3) is 109 Å². The fraction of sp³-hybridized carbons (Fsp3) is 0. The van der Waals surface area contributed by atoms with Gasteiger partial charge in [-0.2, -0.15) is 0 Å². The molecule has 0 aliphatic rings. The third-order valence-electron chi connectivity index (χ3n) is 10.1. The van der Waals surface area contributed by atoms with Crippen LogP contribution in [0, 0.1) is 0 Å². The molecule has 0 saturated carbocycles. The second kappa shape index (κ2) is 11.4. The lowest BCUT2D eigenvalue weighted by atomic mass is 9.98. The van der Waals surface area contributed by atoms with Crippen LogP contribution in [0.15, 0.2) is 168 Å². The van der Waals surface area contributed by atoms with Gasteiger partial charge in [0.25, 0.3) is 0 Å². The molecule has 11 aromatic rings. The fourth-order valence-corrected chi connectivity index (χ4v) is 8.66. The molecule has 0 unspecified atom stereocenters. The summed E-state index contributed by atoms with van der Waals surface area (Å²) in [7, 11) is 0. The first-order valence-electron chi connectivity index (χ1n) is 17.3. The van der Waals surface area contributed by atoms with Gasteiger partial charge in [0, 0.05) is 37.5 Å². The molecule has 0 radical (unpaired) electrons. The van der Waals surface area contributed by atoms with E-state index in [9.17, 15) is 0 Å². The lowest BCUT2D eigenvalue weighted by Crippen LogP contribution is -1.93. The highest BCUT2D eigenvalue weighted by Gasteiger charge is 2.19. The van der Waals surface area contributed by atoms with Crippen LogP contribution in [0.4, 0.5) is 0 Å². The van der Waals surface area contributed by atoms with Crippen molar-refractivity contribution in [3.8, 4) is 45.0 Å². The van der Waals surface area contributed by atoms with Gasteiger partial charge in [0.1, 0.15) is 11.2 Å². The molecule has 0 bridgehead atoms. The van der Waals surface area contributed by atoms with Crippen LogP contribution in [0.5, 0.6) is 0 Å². The van der Waals surface area contributed by atoms with Gasteiger partial charge >= 0.3 is 0 Å². The zero-order chi connectivity index (χ0) is 34.2. The van der Waals surface area contributed by atoms with E-state index in [-0.39, 0.29) is 0 Å². The van der Waals surface area contributed by atoms with Crippen LogP contribution in [0.3, 0.4) is 0 Å². The second-order valence-electron chi connectivity index (χ2n) is 13.2. The molecule has 0 spiro atoms. The quantitative estimate of drug-likeness (QED) is 0.174. The molecule has 0 aliphatic carbocycles. The maximum Gasteiger partial charge on any atom is 0.160 e. The lowest BCUT2D eigenvalue weighted by Gasteiger charge is -2.10. The standard InChI is InChI=1S/C47H27N3OS/c1-2-10-32(11-3-1)47-49-43(46-44(50-47)36-15-7-9-17-40(36)52-46)31-24-20-29(21-25-31)28-18-22-30(23-19-28)42-41-35-14-6-8-16-39(35)51-45(41)37-26-33-12-4-5-13-34(33)27-38(37)48-42/h1-27H. The summed E-state index contributed by atoms with van der Waals surface area (Å²) < 4.78 is 8.86. The Bertz CT molecular complexity index is 3160. The summed E-state index contributed by atoms with van der Waals surface area (Å²) in [5, 5.41) is 6.64. The molecule has 7 aromatic carbocycles. The van der Waals surface area contributed by atoms with Gasteiger partial charge in [-0.3, -0.25) is 0 Å². The van der Waals surface area contributed by atoms with E-state index in [1.54, 1.807) is 11.3 Å². The first-order valence-corrected chi connectivity index (χ1v) is 18.2. The van der Waals surface area contributed by atoms with Crippen LogP contribution in [-0.2, 0) is 0 Å². The minimum atomic E-state index is 0.737. The van der Waals surface area contributed by atoms with E-state index >= 15 is 0 Å². The Morgan fingerprint density at radius 3 is 1.83 bits per heavy atom. The van der Waals surface area contributed by atoms with E-state index in [2.05, 4.69) is 133 Å². The molecule has 0 N–H and O–H groups in total. The third kappa shape index (κ3) is 4.57. The molecule has 4 aromatic heterocycles. The molecule has 0 aliphatic heterocycles. The van der Waals surface area contributed by atoms with Crippen molar-refractivity contribution in [1.29, 1.82) is 0 Å². The molecule has 0 fully saturated rings. The van der Waals surface area contributed by atoms with Gasteiger partial charge in [0.05, 0.1) is 32.5 Å². The first kappa shape index (κ1) is 29.1. The molecule has 4 heterocycles. The van der Waals surface area contributed by atoms with Gasteiger partial charge in [0.15, 0.2) is 5.82 Å². The molecule has 0 amide bonds. The van der Waals surface area contributed by atoms with E-state index in [1.165, 1.54) is 10.1 Å². The van der Waals surface area contributed by atoms with Gasteiger partial charge in [-0.1, -0.05) is 140 Å². The average Bonchev–Trinajstić information content (AvgIpc) is 3.79. The highest BCUT2D eigenvalue weighted by atomic mass is 32.1. The van der Waals surface area contributed by atoms with Crippen LogP contribution in [-0.4, -0.2) is 15.0 Å². The number of pyridine rings is 1. The third-order valence-corrected chi connectivity index (χ3v) is 11.2. The molecule has 11 rings (SSSR count). The SMILES string of the molecule is c1ccc(-c2nc(-c3ccc(-c4ccc(-c5nc6cc7ccccc7cc6c6oc7ccccc7c56)cc4)cc3)c3sc4ccccc4c3n2)cc1. The van der Waals surface area contributed by atoms with Crippen LogP contribution in [0.1, 0.15) is 0 Å². The zero-order valence-electron chi connectivity index (χ0n) is 27.7. The smallest absolute Gasteiger partial charge is 0.160 e. The summed E-state index contributed by atoms with van der Waals surface area (Å²) in [5.74, 6) is 0.737. The van der Waals surface area contributed by atoms with E-state index in [0.29, 0.717) is 0 Å². The number of rotatable bonds is 4. The molecule has 0 saturated heterocycles. The van der Waals surface area contributed by atoms with Gasteiger partial charge in [0.2, 0.25) is 0 Å². The fourth-order valence-electron chi connectivity index (χ4n) is 7.50. The number of hydrogen-bond acceptors (Lipinski definition) is 5. The summed E-state index contributed by atoms with van der Waals surface area (Å²) in [6.45, 7) is 0. The highest BCUT2D eigenvalue weighted by Crippen LogP contribution is 2.42. The summed E-state index contributed by atoms with van der Waals surface area (Å²) in [4.78, 5) is 15.5. The Morgan fingerprint density at radius 2 is 1.06 bits per heavy atom. The summed E-state index contributed by atoms with van der Waals surface area (Å²) >= 11 is 1.75. The monoisotopic (exact) mass is 681 g/mol. The number of aromatic nitrogens is 3. The van der Waals surface area contributed by atoms with Gasteiger partial charge in [-0.05, 0) is 46.2 Å². The molecule has 0 atom stereocenters.